The zero-order chi connectivity index (χ0) is 18.5. The molecule has 0 aromatic rings. The Morgan fingerprint density at radius 3 is 2.62 bits per heavy atom. The van der Waals surface area contributed by atoms with Crippen LogP contribution in [0.2, 0.25) is 0 Å². The number of ketones is 1. The number of aliphatic hydroxyl groups excluding tert-OH is 1. The van der Waals surface area contributed by atoms with Crippen molar-refractivity contribution in [3.05, 3.63) is 0 Å². The molecular formula is C22H34O4. The normalized spacial score (nSPS) is 48.1. The molecule has 0 aromatic heterocycles. The molecule has 0 amide bonds. The number of Topliss-reactive ketones (excluding diaryl/α,β-unsaturated/α-hetero) is 1. The molecule has 0 radical (unpaired) electrons. The molecule has 146 valence electrons. The van der Waals surface area contributed by atoms with E-state index < -0.39 is 5.92 Å². The second-order valence-corrected chi connectivity index (χ2v) is 9.63. The molecule has 4 nitrogen and oxygen atoms in total. The van der Waals surface area contributed by atoms with Crippen molar-refractivity contribution in [3.8, 4) is 0 Å². The Kier molecular flexibility index (Phi) is 4.92. The molecule has 4 aliphatic rings. The number of ether oxygens (including phenoxy) is 1. The van der Waals surface area contributed by atoms with E-state index >= 15 is 0 Å². The fourth-order valence-corrected chi connectivity index (χ4v) is 7.32. The highest BCUT2D eigenvalue weighted by Gasteiger charge is 2.56. The topological polar surface area (TPSA) is 63.6 Å². The average molecular weight is 363 g/mol. The van der Waals surface area contributed by atoms with Crippen LogP contribution in [0.5, 0.6) is 0 Å². The number of hydrogen-bond acceptors (Lipinski definition) is 4. The highest BCUT2D eigenvalue weighted by atomic mass is 16.5. The van der Waals surface area contributed by atoms with E-state index in [9.17, 15) is 14.7 Å². The number of carbonyl (C=O) groups is 2. The van der Waals surface area contributed by atoms with E-state index in [1.54, 1.807) is 6.92 Å². The van der Waals surface area contributed by atoms with Gasteiger partial charge in [-0.2, -0.15) is 0 Å². The Bertz CT molecular complexity index is 572. The van der Waals surface area contributed by atoms with Crippen LogP contribution >= 0.6 is 0 Å². The van der Waals surface area contributed by atoms with E-state index in [1.807, 2.05) is 0 Å². The lowest BCUT2D eigenvalue weighted by molar-refractivity contribution is -0.151. The molecule has 0 heterocycles. The van der Waals surface area contributed by atoms with Crippen LogP contribution in [0.4, 0.5) is 0 Å². The lowest BCUT2D eigenvalue weighted by atomic mass is 9.51. The van der Waals surface area contributed by atoms with Crippen molar-refractivity contribution < 1.29 is 19.4 Å². The van der Waals surface area contributed by atoms with Gasteiger partial charge in [0.25, 0.3) is 0 Å². The van der Waals surface area contributed by atoms with Crippen molar-refractivity contribution in [2.45, 2.75) is 77.7 Å². The van der Waals surface area contributed by atoms with Crippen LogP contribution in [0.1, 0.15) is 71.6 Å². The molecule has 0 spiro atoms. The number of hydrogen-bond donors (Lipinski definition) is 1. The summed E-state index contributed by atoms with van der Waals surface area (Å²) in [5.41, 5.74) is 0.113. The summed E-state index contributed by atoms with van der Waals surface area (Å²) in [5, 5.41) is 10.5. The van der Waals surface area contributed by atoms with Gasteiger partial charge in [-0.3, -0.25) is 9.59 Å². The third-order valence-corrected chi connectivity index (χ3v) is 8.68. The first-order chi connectivity index (χ1) is 12.5. The largest absolute Gasteiger partial charge is 0.465 e. The SMILES string of the molecule is CCOC(=O)C1CC[C@H]2[C@H](CC[C@@H]3[C@@H]2CC[C@]2(C)[C@@H](O)CC[C@@H]32)CC1=O. The van der Waals surface area contributed by atoms with E-state index in [1.165, 1.54) is 19.3 Å². The van der Waals surface area contributed by atoms with Crippen LogP contribution in [-0.2, 0) is 14.3 Å². The smallest absolute Gasteiger partial charge is 0.316 e. The third-order valence-electron chi connectivity index (χ3n) is 8.68. The van der Waals surface area contributed by atoms with Crippen molar-refractivity contribution in [2.24, 2.45) is 40.9 Å². The summed E-state index contributed by atoms with van der Waals surface area (Å²) in [6, 6.07) is 0. The first-order valence-corrected chi connectivity index (χ1v) is 10.8. The maximum Gasteiger partial charge on any atom is 0.316 e. The second-order valence-electron chi connectivity index (χ2n) is 9.63. The lowest BCUT2D eigenvalue weighted by Crippen LogP contribution is -2.48. The summed E-state index contributed by atoms with van der Waals surface area (Å²) in [6.07, 6.45) is 8.87. The molecule has 8 atom stereocenters. The lowest BCUT2D eigenvalue weighted by Gasteiger charge is -2.54. The van der Waals surface area contributed by atoms with Crippen molar-refractivity contribution in [2.75, 3.05) is 6.61 Å². The van der Waals surface area contributed by atoms with E-state index in [-0.39, 0.29) is 23.3 Å². The molecule has 4 rings (SSSR count). The highest BCUT2D eigenvalue weighted by Crippen LogP contribution is 2.62. The number of rotatable bonds is 2. The number of esters is 1. The van der Waals surface area contributed by atoms with Crippen LogP contribution < -0.4 is 0 Å². The Morgan fingerprint density at radius 1 is 1.08 bits per heavy atom. The van der Waals surface area contributed by atoms with Gasteiger partial charge < -0.3 is 9.84 Å². The van der Waals surface area contributed by atoms with Gasteiger partial charge in [-0.25, -0.2) is 0 Å². The average Bonchev–Trinajstić information content (AvgIpc) is 2.81. The number of fused-ring (bicyclic) bond motifs is 5. The molecule has 0 aromatic carbocycles. The third kappa shape index (κ3) is 2.83. The minimum absolute atomic E-state index is 0.113. The van der Waals surface area contributed by atoms with Crippen molar-refractivity contribution in [3.63, 3.8) is 0 Å². The molecule has 0 bridgehead atoms. The predicted octanol–water partition coefficient (Wildman–Crippen LogP) is 3.75. The highest BCUT2D eigenvalue weighted by molar-refractivity contribution is 5.99. The number of aliphatic hydroxyl groups is 1. The van der Waals surface area contributed by atoms with E-state index in [4.69, 9.17) is 4.74 Å². The van der Waals surface area contributed by atoms with Crippen LogP contribution in [-0.4, -0.2) is 29.6 Å². The Labute approximate surface area is 157 Å². The summed E-state index contributed by atoms with van der Waals surface area (Å²) in [7, 11) is 0. The van der Waals surface area contributed by atoms with Gasteiger partial charge in [-0.05, 0) is 93.3 Å². The quantitative estimate of drug-likeness (QED) is 0.600. The fraction of sp³-hybridized carbons (Fsp3) is 0.909. The molecule has 1 N–H and O–H groups in total. The Morgan fingerprint density at radius 2 is 1.85 bits per heavy atom. The molecule has 1 unspecified atom stereocenters. The first kappa shape index (κ1) is 18.5. The van der Waals surface area contributed by atoms with E-state index in [2.05, 4.69) is 6.92 Å². The monoisotopic (exact) mass is 362 g/mol. The molecule has 4 heteroatoms. The summed E-state index contributed by atoms with van der Waals surface area (Å²) in [5.74, 6) is 2.37. The molecule has 26 heavy (non-hydrogen) atoms. The molecule has 4 fully saturated rings. The molecular weight excluding hydrogens is 328 g/mol. The van der Waals surface area contributed by atoms with Gasteiger partial charge in [0.1, 0.15) is 11.7 Å². The predicted molar refractivity (Wildman–Crippen MR) is 98.2 cm³/mol. The molecule has 0 aliphatic heterocycles. The maximum atomic E-state index is 12.7. The van der Waals surface area contributed by atoms with Gasteiger partial charge >= 0.3 is 5.97 Å². The minimum Gasteiger partial charge on any atom is -0.465 e. The summed E-state index contributed by atoms with van der Waals surface area (Å²) in [6.45, 7) is 4.46. The van der Waals surface area contributed by atoms with Crippen molar-refractivity contribution in [1.82, 2.24) is 0 Å². The van der Waals surface area contributed by atoms with Gasteiger partial charge in [0, 0.05) is 6.42 Å². The summed E-state index contributed by atoms with van der Waals surface area (Å²) in [4.78, 5) is 24.9. The van der Waals surface area contributed by atoms with E-state index in [0.29, 0.717) is 49.0 Å². The Balaban J connectivity index is 1.52. The van der Waals surface area contributed by atoms with Gasteiger partial charge in [-0.1, -0.05) is 6.92 Å². The second kappa shape index (κ2) is 6.92. The van der Waals surface area contributed by atoms with Gasteiger partial charge in [0.2, 0.25) is 0 Å². The first-order valence-electron chi connectivity index (χ1n) is 10.8. The Hall–Kier alpha value is -0.900. The fourth-order valence-electron chi connectivity index (χ4n) is 7.32. The standard InChI is InChI=1S/C22H34O4/c1-3-26-21(25)17-7-6-14-13(12-19(17)23)4-5-16-15(14)10-11-22(2)18(16)8-9-20(22)24/h13-18,20,24H,3-12H2,1-2H3/t13-,14+,15-,16-,17?,18+,20+,22+/m1/s1. The van der Waals surface area contributed by atoms with Gasteiger partial charge in [0.15, 0.2) is 0 Å². The minimum atomic E-state index is -0.527. The number of carbonyl (C=O) groups excluding carboxylic acids is 2. The molecule has 4 saturated carbocycles. The van der Waals surface area contributed by atoms with Crippen LogP contribution in [0.3, 0.4) is 0 Å². The van der Waals surface area contributed by atoms with E-state index in [0.717, 1.165) is 25.7 Å². The van der Waals surface area contributed by atoms with Crippen LogP contribution in [0.15, 0.2) is 0 Å². The van der Waals surface area contributed by atoms with Gasteiger partial charge in [0.05, 0.1) is 12.7 Å². The molecule has 0 saturated heterocycles. The van der Waals surface area contributed by atoms with Crippen molar-refractivity contribution in [1.29, 1.82) is 0 Å². The van der Waals surface area contributed by atoms with Crippen molar-refractivity contribution >= 4 is 11.8 Å². The zero-order valence-electron chi connectivity index (χ0n) is 16.3. The molecule has 4 aliphatic carbocycles. The van der Waals surface area contributed by atoms with Crippen LogP contribution in [0.25, 0.3) is 0 Å². The zero-order valence-corrected chi connectivity index (χ0v) is 16.3. The van der Waals surface area contributed by atoms with Gasteiger partial charge in [-0.15, -0.1) is 0 Å². The summed E-state index contributed by atoms with van der Waals surface area (Å²) < 4.78 is 5.16. The summed E-state index contributed by atoms with van der Waals surface area (Å²) >= 11 is 0. The van der Waals surface area contributed by atoms with Crippen LogP contribution in [0, 0.1) is 40.9 Å². The maximum absolute atomic E-state index is 12.7.